The van der Waals surface area contributed by atoms with Gasteiger partial charge in [0.05, 0.1) is 11.1 Å². The number of aliphatic hydroxyl groups is 2. The average molecular weight is 517 g/mol. The molecule has 2 N–H and O–H groups in total. The number of carbonyl (C=O) groups excluding carboxylic acids is 2. The molecule has 38 heavy (non-hydrogen) atoms. The van der Waals surface area contributed by atoms with Gasteiger partial charge in [-0.05, 0) is 103 Å². The van der Waals surface area contributed by atoms with Gasteiger partial charge in [0.25, 0.3) is 0 Å². The number of nitrogens with zero attached hydrogens (tertiary/aromatic N) is 2. The summed E-state index contributed by atoms with van der Waals surface area (Å²) in [7, 11) is 0. The highest BCUT2D eigenvalue weighted by Gasteiger charge is 2.29. The van der Waals surface area contributed by atoms with E-state index in [-0.39, 0.29) is 34.2 Å². The van der Waals surface area contributed by atoms with Gasteiger partial charge < -0.3 is 10.2 Å². The van der Waals surface area contributed by atoms with E-state index in [0.717, 1.165) is 44.5 Å². The Morgan fingerprint density at radius 3 is 1.08 bits per heavy atom. The second kappa shape index (κ2) is 12.6. The highest BCUT2D eigenvalue weighted by molar-refractivity contribution is 6.13. The summed E-state index contributed by atoms with van der Waals surface area (Å²) in [6.07, 6.45) is 2.84. The summed E-state index contributed by atoms with van der Waals surface area (Å²) in [5, 5.41) is 20.3. The van der Waals surface area contributed by atoms with E-state index < -0.39 is 12.1 Å². The summed E-state index contributed by atoms with van der Waals surface area (Å²) >= 11 is 0. The van der Waals surface area contributed by atoms with Gasteiger partial charge >= 0.3 is 0 Å². The number of aliphatic hydroxyl groups excluding tert-OH is 2. The van der Waals surface area contributed by atoms with Gasteiger partial charge in [-0.2, -0.15) is 0 Å². The van der Waals surface area contributed by atoms with E-state index in [0.29, 0.717) is 0 Å². The number of aliphatic imine (C=N–C) groups is 2. The molecule has 0 radical (unpaired) electrons. The topological polar surface area (TPSA) is 99.3 Å². The number of aryl methyl sites for hydroxylation is 6. The molecule has 0 bridgehead atoms. The van der Waals surface area contributed by atoms with Gasteiger partial charge in [-0.15, -0.1) is 0 Å². The van der Waals surface area contributed by atoms with Gasteiger partial charge in [-0.1, -0.05) is 35.4 Å². The second-order valence-corrected chi connectivity index (χ2v) is 10.2. The molecular formula is C32H40N2O4. The van der Waals surface area contributed by atoms with Crippen molar-refractivity contribution in [2.45, 2.75) is 81.3 Å². The largest absolute Gasteiger partial charge is 0.512 e. The molecule has 2 aromatic rings. The summed E-state index contributed by atoms with van der Waals surface area (Å²) in [6.45, 7) is 17.8. The predicted octanol–water partition coefficient (Wildman–Crippen LogP) is 7.30. The minimum Gasteiger partial charge on any atom is -0.512 e. The molecule has 202 valence electrons. The maximum absolute atomic E-state index is 12.3. The van der Waals surface area contributed by atoms with E-state index in [1.54, 1.807) is 0 Å². The third-order valence-corrected chi connectivity index (χ3v) is 6.63. The lowest BCUT2D eigenvalue weighted by Gasteiger charge is -2.28. The Labute approximate surface area is 226 Å². The van der Waals surface area contributed by atoms with Crippen molar-refractivity contribution in [3.63, 3.8) is 0 Å². The Morgan fingerprint density at radius 1 is 0.605 bits per heavy atom. The number of hydrogen-bond donors (Lipinski definition) is 2. The zero-order valence-corrected chi connectivity index (χ0v) is 24.2. The van der Waals surface area contributed by atoms with E-state index in [4.69, 9.17) is 9.98 Å². The van der Waals surface area contributed by atoms with Crippen molar-refractivity contribution >= 4 is 24.0 Å². The Kier molecular flexibility index (Phi) is 10.1. The monoisotopic (exact) mass is 516 g/mol. The van der Waals surface area contributed by atoms with E-state index >= 15 is 0 Å². The molecule has 0 amide bonds. The SMILES string of the molecule is CC(=O)/C(C=N[C@H](c1c(C)cc(C)cc1C)[C@H](N=C/C(C(C)=O)=C(/C)O)c1c(C)cc(C)cc1C)=C(\C)O. The molecule has 0 aliphatic carbocycles. The summed E-state index contributed by atoms with van der Waals surface area (Å²) in [5.41, 5.74) is 8.42. The van der Waals surface area contributed by atoms with Crippen LogP contribution in [-0.4, -0.2) is 34.2 Å². The van der Waals surface area contributed by atoms with Gasteiger partial charge in [0.15, 0.2) is 11.6 Å². The van der Waals surface area contributed by atoms with Gasteiger partial charge in [0.2, 0.25) is 0 Å². The van der Waals surface area contributed by atoms with Crippen molar-refractivity contribution in [2.24, 2.45) is 9.98 Å². The van der Waals surface area contributed by atoms with Crippen LogP contribution in [0.5, 0.6) is 0 Å². The number of allylic oxidation sites excluding steroid dienone is 4. The van der Waals surface area contributed by atoms with Gasteiger partial charge in [-0.3, -0.25) is 19.6 Å². The zero-order chi connectivity index (χ0) is 28.9. The molecule has 0 heterocycles. The molecule has 2 aromatic carbocycles. The Balaban J connectivity index is 3.01. The number of rotatable bonds is 9. The van der Waals surface area contributed by atoms with Crippen molar-refractivity contribution in [3.8, 4) is 0 Å². The van der Waals surface area contributed by atoms with Crippen LogP contribution < -0.4 is 0 Å². The van der Waals surface area contributed by atoms with Crippen molar-refractivity contribution < 1.29 is 19.8 Å². The first-order valence-electron chi connectivity index (χ1n) is 12.7. The van der Waals surface area contributed by atoms with Crippen molar-refractivity contribution in [1.29, 1.82) is 0 Å². The first-order valence-corrected chi connectivity index (χ1v) is 12.7. The lowest BCUT2D eigenvalue weighted by atomic mass is 9.84. The molecule has 0 aromatic heterocycles. The number of hydrogen-bond acceptors (Lipinski definition) is 6. The highest BCUT2D eigenvalue weighted by Crippen LogP contribution is 2.41. The van der Waals surface area contributed by atoms with Gasteiger partial charge in [0, 0.05) is 12.4 Å². The number of Topliss-reactive ketones (excluding diaryl/α,β-unsaturated/α-hetero) is 2. The molecule has 0 fully saturated rings. The van der Waals surface area contributed by atoms with Crippen molar-refractivity contribution in [2.75, 3.05) is 0 Å². The third-order valence-electron chi connectivity index (χ3n) is 6.63. The number of benzene rings is 2. The molecule has 2 atom stereocenters. The third kappa shape index (κ3) is 7.15. The molecule has 0 unspecified atom stereocenters. The quantitative estimate of drug-likeness (QED) is 0.207. The summed E-state index contributed by atoms with van der Waals surface area (Å²) < 4.78 is 0. The zero-order valence-electron chi connectivity index (χ0n) is 24.2. The lowest BCUT2D eigenvalue weighted by Crippen LogP contribution is -2.16. The number of ketones is 2. The maximum Gasteiger partial charge on any atom is 0.164 e. The van der Waals surface area contributed by atoms with Crippen molar-refractivity contribution in [1.82, 2.24) is 0 Å². The van der Waals surface area contributed by atoms with Crippen LogP contribution >= 0.6 is 0 Å². The molecular weight excluding hydrogens is 476 g/mol. The minimum absolute atomic E-state index is 0.113. The average Bonchev–Trinajstić information content (AvgIpc) is 2.74. The predicted molar refractivity (Wildman–Crippen MR) is 156 cm³/mol. The molecule has 2 rings (SSSR count). The molecule has 0 spiro atoms. The summed E-state index contributed by atoms with van der Waals surface area (Å²) in [5.74, 6) is -0.828. The minimum atomic E-state index is -0.590. The normalized spacial score (nSPS) is 14.9. The molecule has 0 aliphatic rings. The van der Waals surface area contributed by atoms with Crippen LogP contribution in [-0.2, 0) is 9.59 Å². The van der Waals surface area contributed by atoms with Crippen LogP contribution in [0, 0.1) is 41.5 Å². The summed E-state index contributed by atoms with van der Waals surface area (Å²) in [4.78, 5) is 34.3. The van der Waals surface area contributed by atoms with E-state index in [1.165, 1.54) is 40.1 Å². The van der Waals surface area contributed by atoms with Crippen LogP contribution in [0.15, 0.2) is 56.9 Å². The molecule has 0 aliphatic heterocycles. The smallest absolute Gasteiger partial charge is 0.164 e. The van der Waals surface area contributed by atoms with E-state index in [1.807, 2.05) is 41.5 Å². The van der Waals surface area contributed by atoms with Crippen LogP contribution in [0.25, 0.3) is 0 Å². The first-order chi connectivity index (χ1) is 17.6. The van der Waals surface area contributed by atoms with Crippen LogP contribution in [0.3, 0.4) is 0 Å². The lowest BCUT2D eigenvalue weighted by molar-refractivity contribution is -0.114. The second-order valence-electron chi connectivity index (χ2n) is 10.2. The van der Waals surface area contributed by atoms with Crippen molar-refractivity contribution in [3.05, 3.63) is 91.4 Å². The van der Waals surface area contributed by atoms with Gasteiger partial charge in [0.1, 0.15) is 23.6 Å². The van der Waals surface area contributed by atoms with Crippen LogP contribution in [0.1, 0.15) is 84.3 Å². The Morgan fingerprint density at radius 2 is 0.868 bits per heavy atom. The number of carbonyl (C=O) groups is 2. The van der Waals surface area contributed by atoms with Gasteiger partial charge in [-0.25, -0.2) is 0 Å². The molecule has 6 nitrogen and oxygen atoms in total. The molecule has 0 saturated heterocycles. The van der Waals surface area contributed by atoms with Crippen LogP contribution in [0.2, 0.25) is 0 Å². The van der Waals surface area contributed by atoms with Crippen LogP contribution in [0.4, 0.5) is 0 Å². The maximum atomic E-state index is 12.3. The first kappa shape index (κ1) is 30.4. The summed E-state index contributed by atoms with van der Waals surface area (Å²) in [6, 6.07) is 7.15. The van der Waals surface area contributed by atoms with E-state index in [2.05, 4.69) is 24.3 Å². The standard InChI is InChI=1S/C32H40N2O4/c1-17-11-19(3)29(20(4)12-17)31(33-15-27(23(7)35)24(8)36)32(34-16-28(25(9)37)26(10)38)30-21(5)13-18(2)14-22(30)6/h11-16,31-32,35,37H,1-10H3/b27-23+,28-25+,33-15?,34-16?/t31-,32-/m1/s1. The Hall–Kier alpha value is -3.80. The van der Waals surface area contributed by atoms with E-state index in [9.17, 15) is 19.8 Å². The highest BCUT2D eigenvalue weighted by atomic mass is 16.3. The fourth-order valence-corrected chi connectivity index (χ4v) is 5.13. The fourth-order valence-electron chi connectivity index (χ4n) is 5.13. The fraction of sp³-hybridized carbons (Fsp3) is 0.375. The Bertz CT molecular complexity index is 1220. The molecule has 0 saturated carbocycles. The molecule has 6 heteroatoms.